The van der Waals surface area contributed by atoms with E-state index in [0.717, 1.165) is 39.0 Å². The van der Waals surface area contributed by atoms with E-state index in [2.05, 4.69) is 9.88 Å². The Balaban J connectivity index is 1.44. The highest BCUT2D eigenvalue weighted by atomic mass is 35.5. The van der Waals surface area contributed by atoms with Crippen molar-refractivity contribution >= 4 is 39.3 Å². The molecule has 2 aromatic rings. The van der Waals surface area contributed by atoms with Gasteiger partial charge in [0.1, 0.15) is 4.83 Å². The summed E-state index contributed by atoms with van der Waals surface area (Å²) < 4.78 is 1.71. The van der Waals surface area contributed by atoms with Crippen LogP contribution in [0, 0.1) is 5.92 Å². The molecule has 1 saturated carbocycles. The van der Waals surface area contributed by atoms with Gasteiger partial charge in [-0.05, 0) is 30.4 Å². The topological polar surface area (TPSA) is 58.4 Å². The van der Waals surface area contributed by atoms with Gasteiger partial charge in [0.2, 0.25) is 5.91 Å². The summed E-state index contributed by atoms with van der Waals surface area (Å²) in [6.45, 7) is 3.64. The van der Waals surface area contributed by atoms with E-state index in [-0.39, 0.29) is 11.5 Å². The van der Waals surface area contributed by atoms with Crippen molar-refractivity contribution in [3.05, 3.63) is 27.6 Å². The van der Waals surface area contributed by atoms with E-state index in [0.29, 0.717) is 27.8 Å². The number of piperazine rings is 1. The first-order valence-electron chi connectivity index (χ1n) is 7.78. The smallest absolute Gasteiger partial charge is 0.271 e. The SMILES string of the molecule is O=C(C1CC1)N1CCN(Cn2sc3ncc(Cl)cc3c2=O)CC1. The quantitative estimate of drug-likeness (QED) is 0.842. The molecule has 8 heteroatoms. The van der Waals surface area contributed by atoms with Crippen molar-refractivity contribution in [2.24, 2.45) is 5.92 Å². The van der Waals surface area contributed by atoms with Crippen molar-refractivity contribution in [2.75, 3.05) is 26.2 Å². The molecule has 3 heterocycles. The van der Waals surface area contributed by atoms with Crippen LogP contribution >= 0.6 is 23.1 Å². The predicted octanol–water partition coefficient (Wildman–Crippen LogP) is 1.62. The van der Waals surface area contributed by atoms with Gasteiger partial charge in [0.25, 0.3) is 5.56 Å². The second-order valence-electron chi connectivity index (χ2n) is 6.14. The highest BCUT2D eigenvalue weighted by molar-refractivity contribution is 7.13. The van der Waals surface area contributed by atoms with E-state index in [1.165, 1.54) is 11.5 Å². The molecule has 23 heavy (non-hydrogen) atoms. The van der Waals surface area contributed by atoms with Crippen LogP contribution in [0.2, 0.25) is 5.02 Å². The van der Waals surface area contributed by atoms with Crippen LogP contribution in [0.15, 0.2) is 17.1 Å². The maximum atomic E-state index is 12.4. The number of fused-ring (bicyclic) bond motifs is 1. The Morgan fingerprint density at radius 2 is 2.04 bits per heavy atom. The molecule has 0 aromatic carbocycles. The lowest BCUT2D eigenvalue weighted by molar-refractivity contribution is -0.134. The van der Waals surface area contributed by atoms with Crippen LogP contribution in [-0.4, -0.2) is 50.8 Å². The summed E-state index contributed by atoms with van der Waals surface area (Å²) in [7, 11) is 0. The predicted molar refractivity (Wildman–Crippen MR) is 89.8 cm³/mol. The molecule has 1 saturated heterocycles. The first-order chi connectivity index (χ1) is 11.1. The normalized spacial score (nSPS) is 19.4. The first-order valence-corrected chi connectivity index (χ1v) is 8.93. The molecule has 2 aliphatic rings. The molecule has 1 aliphatic carbocycles. The maximum Gasteiger partial charge on any atom is 0.271 e. The van der Waals surface area contributed by atoms with Crippen LogP contribution in [0.1, 0.15) is 12.8 Å². The van der Waals surface area contributed by atoms with Gasteiger partial charge in [-0.1, -0.05) is 11.6 Å². The minimum absolute atomic E-state index is 0.0449. The molecule has 0 unspecified atom stereocenters. The average molecular weight is 353 g/mol. The van der Waals surface area contributed by atoms with Crippen molar-refractivity contribution in [2.45, 2.75) is 19.5 Å². The number of pyridine rings is 1. The lowest BCUT2D eigenvalue weighted by Crippen LogP contribution is -2.49. The first kappa shape index (κ1) is 15.1. The van der Waals surface area contributed by atoms with E-state index in [9.17, 15) is 9.59 Å². The molecule has 4 rings (SSSR count). The number of nitrogens with zero attached hydrogens (tertiary/aromatic N) is 4. The zero-order valence-electron chi connectivity index (χ0n) is 12.6. The number of rotatable bonds is 3. The summed E-state index contributed by atoms with van der Waals surface area (Å²) in [5.74, 6) is 0.588. The molecule has 2 fully saturated rings. The lowest BCUT2D eigenvalue weighted by atomic mass is 10.3. The van der Waals surface area contributed by atoms with Crippen LogP contribution in [0.5, 0.6) is 0 Å². The van der Waals surface area contributed by atoms with Crippen LogP contribution in [0.4, 0.5) is 0 Å². The Bertz CT molecular complexity index is 805. The average Bonchev–Trinajstić information content (AvgIpc) is 3.36. The second-order valence-corrected chi connectivity index (χ2v) is 7.59. The Hall–Kier alpha value is -1.44. The zero-order valence-corrected chi connectivity index (χ0v) is 14.1. The lowest BCUT2D eigenvalue weighted by Gasteiger charge is -2.34. The number of hydrogen-bond donors (Lipinski definition) is 0. The molecule has 1 aliphatic heterocycles. The van der Waals surface area contributed by atoms with Crippen molar-refractivity contribution in [3.63, 3.8) is 0 Å². The van der Waals surface area contributed by atoms with Gasteiger partial charge in [0, 0.05) is 38.3 Å². The number of hydrogen-bond acceptors (Lipinski definition) is 5. The van der Waals surface area contributed by atoms with Crippen LogP contribution in [0.3, 0.4) is 0 Å². The van der Waals surface area contributed by atoms with Crippen molar-refractivity contribution in [1.82, 2.24) is 18.7 Å². The standard InChI is InChI=1S/C15H17ClN4O2S/c16-11-7-12-13(17-8-11)23-20(15(12)22)9-18-3-5-19(6-4-18)14(21)10-1-2-10/h7-8,10H,1-6,9H2. The van der Waals surface area contributed by atoms with Crippen molar-refractivity contribution in [1.29, 1.82) is 0 Å². The highest BCUT2D eigenvalue weighted by Crippen LogP contribution is 2.31. The molecule has 0 spiro atoms. The van der Waals surface area contributed by atoms with Crippen LogP contribution < -0.4 is 5.56 Å². The van der Waals surface area contributed by atoms with Gasteiger partial charge in [0.05, 0.1) is 17.1 Å². The molecule has 6 nitrogen and oxygen atoms in total. The maximum absolute atomic E-state index is 12.4. The minimum atomic E-state index is -0.0449. The molecule has 0 bridgehead atoms. The monoisotopic (exact) mass is 352 g/mol. The summed E-state index contributed by atoms with van der Waals surface area (Å²) >= 11 is 7.27. The number of carbonyl (C=O) groups is 1. The Morgan fingerprint density at radius 3 is 2.74 bits per heavy atom. The Labute approximate surface area is 142 Å². The third-order valence-electron chi connectivity index (χ3n) is 4.41. The highest BCUT2D eigenvalue weighted by Gasteiger charge is 2.34. The third-order valence-corrected chi connectivity index (χ3v) is 5.62. The molecule has 122 valence electrons. The van der Waals surface area contributed by atoms with E-state index in [1.54, 1.807) is 16.2 Å². The van der Waals surface area contributed by atoms with Gasteiger partial charge < -0.3 is 4.90 Å². The molecule has 2 aromatic heterocycles. The second kappa shape index (κ2) is 5.89. The molecule has 0 atom stereocenters. The fraction of sp³-hybridized carbons (Fsp3) is 0.533. The van der Waals surface area contributed by atoms with Gasteiger partial charge >= 0.3 is 0 Å². The molecule has 0 radical (unpaired) electrons. The van der Waals surface area contributed by atoms with Crippen molar-refractivity contribution in [3.8, 4) is 0 Å². The number of halogens is 1. The minimum Gasteiger partial charge on any atom is -0.340 e. The van der Waals surface area contributed by atoms with Gasteiger partial charge in [-0.25, -0.2) is 8.94 Å². The van der Waals surface area contributed by atoms with Gasteiger partial charge in [-0.15, -0.1) is 0 Å². The fourth-order valence-corrected chi connectivity index (χ4v) is 4.02. The molecular weight excluding hydrogens is 336 g/mol. The van der Waals surface area contributed by atoms with Crippen LogP contribution in [-0.2, 0) is 11.5 Å². The summed E-state index contributed by atoms with van der Waals surface area (Å²) in [4.78, 5) is 33.6. The summed E-state index contributed by atoms with van der Waals surface area (Å²) in [5, 5.41) is 1.05. The zero-order chi connectivity index (χ0) is 16.0. The number of amides is 1. The van der Waals surface area contributed by atoms with Crippen LogP contribution in [0.25, 0.3) is 10.2 Å². The van der Waals surface area contributed by atoms with Gasteiger partial charge in [0.15, 0.2) is 0 Å². The van der Waals surface area contributed by atoms with Gasteiger partial charge in [-0.3, -0.25) is 14.5 Å². The van der Waals surface area contributed by atoms with E-state index < -0.39 is 0 Å². The molecular formula is C15H17ClN4O2S. The summed E-state index contributed by atoms with van der Waals surface area (Å²) in [5.41, 5.74) is -0.0449. The third kappa shape index (κ3) is 3.00. The fourth-order valence-electron chi connectivity index (χ4n) is 2.91. The largest absolute Gasteiger partial charge is 0.340 e. The molecule has 1 amide bonds. The van der Waals surface area contributed by atoms with Crippen molar-refractivity contribution < 1.29 is 4.79 Å². The molecule has 0 N–H and O–H groups in total. The number of aromatic nitrogens is 2. The summed E-state index contributed by atoms with van der Waals surface area (Å²) in [6.07, 6.45) is 3.66. The Kier molecular flexibility index (Phi) is 3.87. The summed E-state index contributed by atoms with van der Waals surface area (Å²) in [6, 6.07) is 1.67. The van der Waals surface area contributed by atoms with E-state index in [4.69, 9.17) is 11.6 Å². The van der Waals surface area contributed by atoms with Gasteiger partial charge in [-0.2, -0.15) is 0 Å². The number of carbonyl (C=O) groups excluding carboxylic acids is 1. The Morgan fingerprint density at radius 1 is 1.30 bits per heavy atom. The van der Waals surface area contributed by atoms with E-state index >= 15 is 0 Å². The van der Waals surface area contributed by atoms with E-state index in [1.807, 2.05) is 4.90 Å².